The van der Waals surface area contributed by atoms with Gasteiger partial charge in [0.1, 0.15) is 12.1 Å². The molecular weight excluding hydrogens is 324 g/mol. The predicted octanol–water partition coefficient (Wildman–Crippen LogP) is 2.89. The van der Waals surface area contributed by atoms with Crippen LogP contribution in [-0.4, -0.2) is 26.4 Å². The van der Waals surface area contributed by atoms with Crippen molar-refractivity contribution in [2.24, 2.45) is 0 Å². The lowest BCUT2D eigenvalue weighted by Gasteiger charge is -2.14. The fourth-order valence-electron chi connectivity index (χ4n) is 2.27. The van der Waals surface area contributed by atoms with Gasteiger partial charge in [-0.05, 0) is 24.6 Å². The van der Waals surface area contributed by atoms with E-state index in [1.54, 1.807) is 12.6 Å². The molecule has 0 aliphatic rings. The molecule has 0 saturated heterocycles. The maximum atomic E-state index is 12.1. The highest BCUT2D eigenvalue weighted by Crippen LogP contribution is 2.17. The van der Waals surface area contributed by atoms with Gasteiger partial charge in [-0.2, -0.15) is 0 Å². The van der Waals surface area contributed by atoms with Gasteiger partial charge in [0.25, 0.3) is 0 Å². The van der Waals surface area contributed by atoms with E-state index in [9.17, 15) is 4.79 Å². The third-order valence-corrected chi connectivity index (χ3v) is 4.48. The molecule has 0 unspecified atom stereocenters. The Labute approximate surface area is 144 Å². The molecule has 2 aromatic heterocycles. The maximum absolute atomic E-state index is 12.1. The van der Waals surface area contributed by atoms with Crippen molar-refractivity contribution in [2.75, 3.05) is 5.75 Å². The highest BCUT2D eigenvalue weighted by atomic mass is 32.2. The molecule has 6 nitrogen and oxygen atoms in total. The van der Waals surface area contributed by atoms with Crippen LogP contribution in [-0.2, 0) is 11.3 Å². The maximum Gasteiger partial charge on any atom is 0.230 e. The summed E-state index contributed by atoms with van der Waals surface area (Å²) < 4.78 is 7.18. The summed E-state index contributed by atoms with van der Waals surface area (Å²) in [6.45, 7) is 2.52. The number of aromatic nitrogens is 3. The molecule has 0 radical (unpaired) electrons. The van der Waals surface area contributed by atoms with Crippen LogP contribution < -0.4 is 5.32 Å². The molecule has 3 rings (SSSR count). The lowest BCUT2D eigenvalue weighted by molar-refractivity contribution is -0.119. The van der Waals surface area contributed by atoms with E-state index in [1.807, 2.05) is 54.0 Å². The van der Waals surface area contributed by atoms with Crippen LogP contribution in [0.15, 0.2) is 64.6 Å². The fraction of sp³-hybridized carbons (Fsp3) is 0.235. The average molecular weight is 342 g/mol. The molecule has 7 heteroatoms. The number of carbonyl (C=O) groups excluding carboxylic acids is 1. The zero-order valence-electron chi connectivity index (χ0n) is 13.3. The Morgan fingerprint density at radius 3 is 2.88 bits per heavy atom. The summed E-state index contributed by atoms with van der Waals surface area (Å²) in [5.41, 5.74) is 1.08. The number of furan rings is 1. The molecule has 124 valence electrons. The van der Waals surface area contributed by atoms with Crippen molar-refractivity contribution >= 4 is 17.7 Å². The van der Waals surface area contributed by atoms with Gasteiger partial charge in [0.05, 0.1) is 24.6 Å². The second kappa shape index (κ2) is 7.83. The van der Waals surface area contributed by atoms with Gasteiger partial charge in [-0.3, -0.25) is 4.79 Å². The quantitative estimate of drug-likeness (QED) is 0.668. The summed E-state index contributed by atoms with van der Waals surface area (Å²) in [5, 5.41) is 11.6. The van der Waals surface area contributed by atoms with Gasteiger partial charge in [-0.25, -0.2) is 0 Å². The molecular formula is C17H18N4O2S. The summed E-state index contributed by atoms with van der Waals surface area (Å²) >= 11 is 1.36. The Morgan fingerprint density at radius 2 is 2.12 bits per heavy atom. The molecule has 1 N–H and O–H groups in total. The Kier molecular flexibility index (Phi) is 5.32. The standard InChI is InChI=1S/C17H18N4O2S/c1-13(14-6-3-2-4-7-14)19-16(22)11-24-17-20-18-12-21(17)10-15-8-5-9-23-15/h2-9,12-13H,10-11H2,1H3,(H,19,22)/t13-/m0/s1. The summed E-state index contributed by atoms with van der Waals surface area (Å²) in [6.07, 6.45) is 3.26. The van der Waals surface area contributed by atoms with Gasteiger partial charge >= 0.3 is 0 Å². The van der Waals surface area contributed by atoms with E-state index in [-0.39, 0.29) is 17.7 Å². The van der Waals surface area contributed by atoms with Gasteiger partial charge in [-0.1, -0.05) is 42.1 Å². The number of rotatable bonds is 7. The SMILES string of the molecule is C[C@H](NC(=O)CSc1nncn1Cc1ccco1)c1ccccc1. The first-order valence-electron chi connectivity index (χ1n) is 7.59. The average Bonchev–Trinajstić information content (AvgIpc) is 3.26. The Balaban J connectivity index is 1.52. The fourth-order valence-corrected chi connectivity index (χ4v) is 3.00. The minimum absolute atomic E-state index is 0.0275. The first-order valence-corrected chi connectivity index (χ1v) is 8.58. The number of hydrogen-bond acceptors (Lipinski definition) is 5. The molecule has 1 amide bonds. The van der Waals surface area contributed by atoms with Crippen LogP contribution in [0, 0.1) is 0 Å². The van der Waals surface area contributed by atoms with Crippen molar-refractivity contribution in [3.8, 4) is 0 Å². The smallest absolute Gasteiger partial charge is 0.230 e. The van der Waals surface area contributed by atoms with E-state index in [0.29, 0.717) is 11.7 Å². The minimum atomic E-state index is -0.0381. The van der Waals surface area contributed by atoms with Crippen molar-refractivity contribution < 1.29 is 9.21 Å². The highest BCUT2D eigenvalue weighted by Gasteiger charge is 2.12. The number of amides is 1. The summed E-state index contributed by atoms with van der Waals surface area (Å²) in [4.78, 5) is 12.1. The first kappa shape index (κ1) is 16.3. The molecule has 3 aromatic rings. The van der Waals surface area contributed by atoms with Crippen LogP contribution in [0.5, 0.6) is 0 Å². The third kappa shape index (κ3) is 4.26. The normalized spacial score (nSPS) is 12.0. The van der Waals surface area contributed by atoms with Gasteiger partial charge in [0.2, 0.25) is 5.91 Å². The molecule has 0 saturated carbocycles. The second-order valence-corrected chi connectivity index (χ2v) is 6.25. The lowest BCUT2D eigenvalue weighted by Crippen LogP contribution is -2.28. The first-order chi connectivity index (χ1) is 11.7. The van der Waals surface area contributed by atoms with Crippen LogP contribution in [0.4, 0.5) is 0 Å². The van der Waals surface area contributed by atoms with Crippen molar-refractivity contribution in [1.29, 1.82) is 0 Å². The van der Waals surface area contributed by atoms with E-state index in [4.69, 9.17) is 4.42 Å². The van der Waals surface area contributed by atoms with E-state index in [1.165, 1.54) is 11.8 Å². The summed E-state index contributed by atoms with van der Waals surface area (Å²) in [5.74, 6) is 1.07. The van der Waals surface area contributed by atoms with Crippen molar-refractivity contribution in [1.82, 2.24) is 20.1 Å². The molecule has 2 heterocycles. The molecule has 1 aromatic carbocycles. The molecule has 0 spiro atoms. The zero-order chi connectivity index (χ0) is 16.8. The summed E-state index contributed by atoms with van der Waals surface area (Å²) in [6, 6.07) is 13.6. The van der Waals surface area contributed by atoms with E-state index >= 15 is 0 Å². The number of hydrogen-bond donors (Lipinski definition) is 1. The number of nitrogens with zero attached hydrogens (tertiary/aromatic N) is 3. The third-order valence-electron chi connectivity index (χ3n) is 3.50. The van der Waals surface area contributed by atoms with E-state index < -0.39 is 0 Å². The Hall–Kier alpha value is -2.54. The molecule has 0 aliphatic heterocycles. The van der Waals surface area contributed by atoms with Crippen molar-refractivity contribution in [3.05, 3.63) is 66.4 Å². The van der Waals surface area contributed by atoms with Gasteiger partial charge in [0, 0.05) is 0 Å². The predicted molar refractivity (Wildman–Crippen MR) is 91.6 cm³/mol. The van der Waals surface area contributed by atoms with Crippen LogP contribution in [0.2, 0.25) is 0 Å². The molecule has 24 heavy (non-hydrogen) atoms. The van der Waals surface area contributed by atoms with Crippen molar-refractivity contribution in [3.63, 3.8) is 0 Å². The Bertz CT molecular complexity index is 771. The lowest BCUT2D eigenvalue weighted by atomic mass is 10.1. The number of carbonyl (C=O) groups is 1. The van der Waals surface area contributed by atoms with E-state index in [0.717, 1.165) is 11.3 Å². The van der Waals surface area contributed by atoms with Crippen LogP contribution >= 0.6 is 11.8 Å². The van der Waals surface area contributed by atoms with E-state index in [2.05, 4.69) is 15.5 Å². The second-order valence-electron chi connectivity index (χ2n) is 5.31. The van der Waals surface area contributed by atoms with Gasteiger partial charge in [-0.15, -0.1) is 10.2 Å². The van der Waals surface area contributed by atoms with Gasteiger partial charge in [0.15, 0.2) is 5.16 Å². The largest absolute Gasteiger partial charge is 0.467 e. The van der Waals surface area contributed by atoms with Gasteiger partial charge < -0.3 is 14.3 Å². The molecule has 0 aliphatic carbocycles. The van der Waals surface area contributed by atoms with Crippen LogP contribution in [0.3, 0.4) is 0 Å². The van der Waals surface area contributed by atoms with Crippen LogP contribution in [0.25, 0.3) is 0 Å². The molecule has 0 fully saturated rings. The highest BCUT2D eigenvalue weighted by molar-refractivity contribution is 7.99. The number of benzene rings is 1. The molecule has 1 atom stereocenters. The number of thioether (sulfide) groups is 1. The summed E-state index contributed by atoms with van der Waals surface area (Å²) in [7, 11) is 0. The Morgan fingerprint density at radius 1 is 1.29 bits per heavy atom. The topological polar surface area (TPSA) is 73.0 Å². The van der Waals surface area contributed by atoms with Crippen molar-refractivity contribution in [2.45, 2.75) is 24.7 Å². The van der Waals surface area contributed by atoms with Crippen LogP contribution in [0.1, 0.15) is 24.3 Å². The number of nitrogens with one attached hydrogen (secondary N) is 1. The monoisotopic (exact) mass is 342 g/mol. The minimum Gasteiger partial charge on any atom is -0.467 e. The molecule has 0 bridgehead atoms. The zero-order valence-corrected chi connectivity index (χ0v) is 14.1.